The zero-order valence-electron chi connectivity index (χ0n) is 27.8. The topological polar surface area (TPSA) is 141 Å². The van der Waals surface area contributed by atoms with Crippen molar-refractivity contribution in [1.29, 1.82) is 0 Å². The molecule has 0 radical (unpaired) electrons. The van der Waals surface area contributed by atoms with Gasteiger partial charge in [-0.3, -0.25) is 9.59 Å². The second-order valence-electron chi connectivity index (χ2n) is 14.0. The third kappa shape index (κ3) is 13.9. The van der Waals surface area contributed by atoms with Crippen LogP contribution < -0.4 is 0 Å². The van der Waals surface area contributed by atoms with Crippen LogP contribution in [0.4, 0.5) is 0 Å². The predicted molar refractivity (Wildman–Crippen MR) is 167 cm³/mol. The van der Waals surface area contributed by atoms with Crippen molar-refractivity contribution in [1.82, 2.24) is 20.3 Å². The highest BCUT2D eigenvalue weighted by Crippen LogP contribution is 2.32. The summed E-state index contributed by atoms with van der Waals surface area (Å²) in [5.74, 6) is 2.75. The smallest absolute Gasteiger partial charge is 0.307 e. The van der Waals surface area contributed by atoms with Gasteiger partial charge in [-0.1, -0.05) is 100 Å². The Morgan fingerprint density at radius 3 is 1.57 bits per heavy atom. The molecule has 10 nitrogen and oxygen atoms in total. The summed E-state index contributed by atoms with van der Waals surface area (Å²) in [6.07, 6.45) is 20.3. The average Bonchev–Trinajstić information content (AvgIpc) is 3.60. The van der Waals surface area contributed by atoms with Gasteiger partial charge in [0.25, 0.3) is 0 Å². The highest BCUT2D eigenvalue weighted by Gasteiger charge is 2.26. The number of aryl methyl sites for hydroxylation is 2. The Labute approximate surface area is 263 Å². The Balaban J connectivity index is 0.000000244. The summed E-state index contributed by atoms with van der Waals surface area (Å²) in [4.78, 5) is 31.7. The van der Waals surface area contributed by atoms with Crippen LogP contribution in [0.1, 0.15) is 172 Å². The number of nitrogens with zero attached hydrogens (tertiary/aromatic N) is 4. The third-order valence-corrected chi connectivity index (χ3v) is 8.82. The molecular weight excluding hydrogens is 560 g/mol. The van der Waals surface area contributed by atoms with Crippen molar-refractivity contribution in [3.63, 3.8) is 0 Å². The molecule has 0 spiro atoms. The van der Waals surface area contributed by atoms with Crippen LogP contribution in [0.5, 0.6) is 0 Å². The van der Waals surface area contributed by atoms with E-state index < -0.39 is 11.6 Å². The second-order valence-corrected chi connectivity index (χ2v) is 14.0. The van der Waals surface area contributed by atoms with Crippen LogP contribution in [0.3, 0.4) is 0 Å². The van der Waals surface area contributed by atoms with Crippen molar-refractivity contribution >= 4 is 11.9 Å². The number of carbonyl (C=O) groups is 2. The van der Waals surface area contributed by atoms with Gasteiger partial charge in [-0.2, -0.15) is 9.97 Å². The van der Waals surface area contributed by atoms with E-state index in [4.69, 9.17) is 18.9 Å². The minimum atomic E-state index is -0.802. The van der Waals surface area contributed by atoms with Crippen LogP contribution in [0.25, 0.3) is 0 Å². The molecule has 0 bridgehead atoms. The van der Waals surface area contributed by atoms with E-state index in [9.17, 15) is 9.59 Å². The van der Waals surface area contributed by atoms with Gasteiger partial charge in [0.15, 0.2) is 11.6 Å². The summed E-state index contributed by atoms with van der Waals surface area (Å²) in [6, 6.07) is 0. The lowest BCUT2D eigenvalue weighted by Gasteiger charge is -2.23. The fourth-order valence-electron chi connectivity index (χ4n) is 6.64. The molecule has 2 aliphatic carbocycles. The summed E-state index contributed by atoms with van der Waals surface area (Å²) in [5.41, 5.74) is -0.464. The van der Waals surface area contributed by atoms with E-state index in [1.54, 1.807) is 13.8 Å². The van der Waals surface area contributed by atoms with Crippen molar-refractivity contribution in [3.05, 3.63) is 23.4 Å². The third-order valence-electron chi connectivity index (χ3n) is 8.82. The van der Waals surface area contributed by atoms with Crippen LogP contribution in [0.15, 0.2) is 9.05 Å². The van der Waals surface area contributed by atoms with Crippen LogP contribution in [-0.2, 0) is 14.3 Å². The molecule has 2 heterocycles. The largest absolute Gasteiger partial charge is 0.481 e. The summed E-state index contributed by atoms with van der Waals surface area (Å²) < 4.78 is 15.9. The molecule has 2 atom stereocenters. The molecule has 2 aliphatic rings. The number of aromatic nitrogens is 4. The lowest BCUT2D eigenvalue weighted by molar-refractivity contribution is -0.155. The minimum Gasteiger partial charge on any atom is -0.481 e. The maximum Gasteiger partial charge on any atom is 0.307 e. The van der Waals surface area contributed by atoms with E-state index in [-0.39, 0.29) is 24.2 Å². The van der Waals surface area contributed by atoms with E-state index in [0.29, 0.717) is 29.9 Å². The molecule has 2 saturated carbocycles. The molecule has 2 fully saturated rings. The Morgan fingerprint density at radius 1 is 0.773 bits per heavy atom. The Hall–Kier alpha value is -2.78. The van der Waals surface area contributed by atoms with Crippen molar-refractivity contribution in [2.75, 3.05) is 0 Å². The normalized spacial score (nSPS) is 17.8. The lowest BCUT2D eigenvalue weighted by Crippen LogP contribution is -2.25. The Bertz CT molecular complexity index is 1110. The van der Waals surface area contributed by atoms with Gasteiger partial charge in [0.2, 0.25) is 11.8 Å². The molecule has 2 aromatic rings. The van der Waals surface area contributed by atoms with Gasteiger partial charge in [-0.15, -0.1) is 0 Å². The van der Waals surface area contributed by atoms with Gasteiger partial charge in [-0.05, 0) is 59.3 Å². The van der Waals surface area contributed by atoms with Crippen LogP contribution in [0.2, 0.25) is 0 Å². The number of carboxylic acids is 1. The molecule has 10 heteroatoms. The van der Waals surface area contributed by atoms with Crippen molar-refractivity contribution in [2.24, 2.45) is 11.8 Å². The first-order valence-electron chi connectivity index (χ1n) is 17.0. The van der Waals surface area contributed by atoms with E-state index in [0.717, 1.165) is 37.5 Å². The Morgan fingerprint density at radius 2 is 1.20 bits per heavy atom. The van der Waals surface area contributed by atoms with E-state index in [2.05, 4.69) is 20.3 Å². The molecular formula is C34H56N4O6. The van der Waals surface area contributed by atoms with Crippen molar-refractivity contribution in [2.45, 2.75) is 168 Å². The number of carbonyl (C=O) groups excluding carboxylic acids is 1. The number of esters is 1. The summed E-state index contributed by atoms with van der Waals surface area (Å²) in [6.45, 7) is 9.23. The van der Waals surface area contributed by atoms with E-state index >= 15 is 0 Å². The molecule has 0 aliphatic heterocycles. The monoisotopic (exact) mass is 616 g/mol. The van der Waals surface area contributed by atoms with Gasteiger partial charge in [-0.25, -0.2) is 0 Å². The standard InChI is InChI=1S/C19H32N2O3.C15H24N2O3/c1-14-20-18(24-21-14)16(13-17(22)23-19(2,3)4)12-8-11-15-9-6-5-7-10-15;1-11-16-15(20-17-11)13(10-14(18)19)9-5-8-12-6-3-2-4-7-12/h15-16H,5-13H2,1-4H3;12-13H,2-10H2,1H3,(H,18,19)/t16-;13-/m11/s1. The van der Waals surface area contributed by atoms with Crippen molar-refractivity contribution < 1.29 is 28.5 Å². The summed E-state index contributed by atoms with van der Waals surface area (Å²) in [7, 11) is 0. The maximum absolute atomic E-state index is 12.2. The molecule has 0 saturated heterocycles. The van der Waals surface area contributed by atoms with Gasteiger partial charge in [0.1, 0.15) is 5.60 Å². The minimum absolute atomic E-state index is 0.0374. The number of hydrogen-bond donors (Lipinski definition) is 1. The molecule has 0 unspecified atom stereocenters. The number of carboxylic acid groups (broad SMARTS) is 1. The van der Waals surface area contributed by atoms with Crippen molar-refractivity contribution in [3.8, 4) is 0 Å². The first-order chi connectivity index (χ1) is 21.0. The number of hydrogen-bond acceptors (Lipinski definition) is 9. The summed E-state index contributed by atoms with van der Waals surface area (Å²) >= 11 is 0. The first-order valence-corrected chi connectivity index (χ1v) is 17.0. The number of rotatable bonds is 14. The van der Waals surface area contributed by atoms with Crippen LogP contribution >= 0.6 is 0 Å². The van der Waals surface area contributed by atoms with Gasteiger partial charge < -0.3 is 18.9 Å². The van der Waals surface area contributed by atoms with E-state index in [1.165, 1.54) is 77.0 Å². The zero-order valence-corrected chi connectivity index (χ0v) is 27.8. The molecule has 248 valence electrons. The van der Waals surface area contributed by atoms with Crippen LogP contribution in [-0.4, -0.2) is 42.9 Å². The molecule has 2 aromatic heterocycles. The molecule has 4 rings (SSSR count). The maximum atomic E-state index is 12.2. The number of ether oxygens (including phenoxy) is 1. The quantitative estimate of drug-likeness (QED) is 0.205. The van der Waals surface area contributed by atoms with E-state index in [1.807, 2.05) is 20.8 Å². The molecule has 0 aromatic carbocycles. The van der Waals surface area contributed by atoms with Gasteiger partial charge >= 0.3 is 11.9 Å². The zero-order chi connectivity index (χ0) is 32.0. The van der Waals surface area contributed by atoms with Gasteiger partial charge in [0, 0.05) is 11.8 Å². The fraction of sp³-hybridized carbons (Fsp3) is 0.824. The SMILES string of the molecule is Cc1noc([C@H](CCCC2CCCCC2)CC(=O)O)n1.Cc1noc([C@H](CCCC2CCCCC2)CC(=O)OC(C)(C)C)n1. The highest BCUT2D eigenvalue weighted by atomic mass is 16.6. The number of aliphatic carboxylic acids is 1. The summed E-state index contributed by atoms with van der Waals surface area (Å²) in [5, 5.41) is 16.7. The lowest BCUT2D eigenvalue weighted by atomic mass is 9.84. The highest BCUT2D eigenvalue weighted by molar-refractivity contribution is 5.70. The van der Waals surface area contributed by atoms with Crippen LogP contribution in [0, 0.1) is 25.7 Å². The second kappa shape index (κ2) is 18.3. The molecule has 44 heavy (non-hydrogen) atoms. The first kappa shape index (κ1) is 35.7. The predicted octanol–water partition coefficient (Wildman–Crippen LogP) is 8.63. The Kier molecular flexibility index (Phi) is 14.8. The molecule has 0 amide bonds. The fourth-order valence-corrected chi connectivity index (χ4v) is 6.64. The average molecular weight is 617 g/mol. The molecule has 1 N–H and O–H groups in total. The van der Waals surface area contributed by atoms with Gasteiger partial charge in [0.05, 0.1) is 12.8 Å².